The molecule has 2 aromatic carbocycles. The van der Waals surface area contributed by atoms with Crippen LogP contribution in [-0.4, -0.2) is 4.99 Å². The molecule has 84 valence electrons. The lowest BCUT2D eigenvalue weighted by Gasteiger charge is -2.08. The predicted octanol–water partition coefficient (Wildman–Crippen LogP) is 4.29. The van der Waals surface area contributed by atoms with E-state index in [0.29, 0.717) is 0 Å². The molecule has 0 saturated heterocycles. The summed E-state index contributed by atoms with van der Waals surface area (Å²) < 4.78 is 1.03. The number of para-hydroxylation sites is 1. The highest BCUT2D eigenvalue weighted by Gasteiger charge is 2.15. The van der Waals surface area contributed by atoms with Gasteiger partial charge in [0.1, 0.15) is 4.99 Å². The molecular weight excluding hydrogens is 296 g/mol. The Hall–Kier alpha value is -1.39. The van der Waals surface area contributed by atoms with E-state index in [1.165, 1.54) is 0 Å². The van der Waals surface area contributed by atoms with E-state index in [4.69, 9.17) is 12.2 Å². The van der Waals surface area contributed by atoms with Crippen molar-refractivity contribution in [3.8, 4) is 0 Å². The highest BCUT2D eigenvalue weighted by molar-refractivity contribution is 9.10. The first-order chi connectivity index (χ1) is 8.24. The van der Waals surface area contributed by atoms with Gasteiger partial charge in [0.05, 0.1) is 11.4 Å². The highest BCUT2D eigenvalue weighted by atomic mass is 79.9. The second-order valence-corrected chi connectivity index (χ2v) is 5.14. The summed E-state index contributed by atoms with van der Waals surface area (Å²) >= 11 is 8.86. The molecule has 0 saturated carbocycles. The van der Waals surface area contributed by atoms with Crippen molar-refractivity contribution < 1.29 is 0 Å². The number of halogens is 1. The number of hydrogen-bond acceptors (Lipinski definition) is 2. The zero-order chi connectivity index (χ0) is 11.8. The van der Waals surface area contributed by atoms with Gasteiger partial charge in [-0.05, 0) is 30.3 Å². The summed E-state index contributed by atoms with van der Waals surface area (Å²) in [6, 6.07) is 14.1. The molecule has 0 amide bonds. The summed E-state index contributed by atoms with van der Waals surface area (Å²) in [6.07, 6.45) is 0. The summed E-state index contributed by atoms with van der Waals surface area (Å²) in [5.41, 5.74) is 4.07. The number of rotatable bonds is 0. The van der Waals surface area contributed by atoms with E-state index in [-0.39, 0.29) is 0 Å². The molecule has 0 aromatic heterocycles. The van der Waals surface area contributed by atoms with Crippen molar-refractivity contribution in [2.24, 2.45) is 0 Å². The normalized spacial score (nSPS) is 12.9. The zero-order valence-corrected chi connectivity index (χ0v) is 11.2. The Balaban J connectivity index is 2.17. The van der Waals surface area contributed by atoms with Gasteiger partial charge in [-0.2, -0.15) is 0 Å². The maximum absolute atomic E-state index is 5.40. The third-order valence-electron chi connectivity index (χ3n) is 2.67. The SMILES string of the molecule is S=C1Nc2cc(Br)ccc2Nc2ccccc21. The number of fused-ring (bicyclic) bond motifs is 2. The topological polar surface area (TPSA) is 24.1 Å². The fourth-order valence-electron chi connectivity index (χ4n) is 1.85. The van der Waals surface area contributed by atoms with Crippen LogP contribution in [0.3, 0.4) is 0 Å². The molecule has 0 atom stereocenters. The van der Waals surface area contributed by atoms with Crippen LogP contribution in [0.25, 0.3) is 0 Å². The lowest BCUT2D eigenvalue weighted by molar-refractivity contribution is 1.55. The second-order valence-electron chi connectivity index (χ2n) is 3.81. The average Bonchev–Trinajstić information content (AvgIpc) is 2.46. The number of nitrogens with one attached hydrogen (secondary N) is 2. The van der Waals surface area contributed by atoms with Crippen molar-refractivity contribution in [3.63, 3.8) is 0 Å². The van der Waals surface area contributed by atoms with E-state index in [1.54, 1.807) is 0 Å². The Bertz CT molecular complexity index is 610. The molecule has 1 heterocycles. The lowest BCUT2D eigenvalue weighted by atomic mass is 10.2. The summed E-state index contributed by atoms with van der Waals surface area (Å²) in [7, 11) is 0. The third kappa shape index (κ3) is 1.94. The molecule has 2 nitrogen and oxygen atoms in total. The summed E-state index contributed by atoms with van der Waals surface area (Å²) in [5, 5.41) is 6.65. The largest absolute Gasteiger partial charge is 0.353 e. The van der Waals surface area contributed by atoms with Gasteiger partial charge >= 0.3 is 0 Å². The standard InChI is InChI=1S/C13H9BrN2S/c14-8-5-6-11-12(7-8)16-13(17)9-3-1-2-4-10(9)15-11/h1-7,15H,(H,16,17). The molecule has 3 rings (SSSR count). The van der Waals surface area contributed by atoms with Gasteiger partial charge in [-0.15, -0.1) is 0 Å². The maximum atomic E-state index is 5.40. The van der Waals surface area contributed by atoms with E-state index in [9.17, 15) is 0 Å². The first kappa shape index (κ1) is 10.7. The van der Waals surface area contributed by atoms with Crippen LogP contribution in [0.5, 0.6) is 0 Å². The van der Waals surface area contributed by atoms with Crippen LogP contribution in [0.15, 0.2) is 46.9 Å². The average molecular weight is 305 g/mol. The number of benzene rings is 2. The number of thiocarbonyl (C=S) groups is 1. The summed E-state index contributed by atoms with van der Waals surface area (Å²) in [6.45, 7) is 0. The molecule has 0 aliphatic carbocycles. The lowest BCUT2D eigenvalue weighted by Crippen LogP contribution is -2.08. The third-order valence-corrected chi connectivity index (χ3v) is 3.49. The molecule has 0 radical (unpaired) electrons. The first-order valence-electron chi connectivity index (χ1n) is 5.21. The second kappa shape index (κ2) is 4.13. The van der Waals surface area contributed by atoms with Gasteiger partial charge in [-0.25, -0.2) is 0 Å². The zero-order valence-electron chi connectivity index (χ0n) is 8.83. The molecule has 17 heavy (non-hydrogen) atoms. The molecule has 2 aromatic rings. The van der Waals surface area contributed by atoms with Crippen molar-refractivity contribution in [1.29, 1.82) is 0 Å². The highest BCUT2D eigenvalue weighted by Crippen LogP contribution is 2.33. The van der Waals surface area contributed by atoms with Crippen molar-refractivity contribution in [3.05, 3.63) is 52.5 Å². The van der Waals surface area contributed by atoms with E-state index in [0.717, 1.165) is 32.1 Å². The van der Waals surface area contributed by atoms with Crippen LogP contribution in [0, 0.1) is 0 Å². The van der Waals surface area contributed by atoms with Gasteiger partial charge in [0.2, 0.25) is 0 Å². The minimum absolute atomic E-state index is 0.741. The fraction of sp³-hybridized carbons (Fsp3) is 0. The molecule has 0 spiro atoms. The minimum atomic E-state index is 0.741. The maximum Gasteiger partial charge on any atom is 0.113 e. The molecule has 1 aliphatic heterocycles. The first-order valence-corrected chi connectivity index (χ1v) is 6.41. The van der Waals surface area contributed by atoms with Gasteiger partial charge in [-0.1, -0.05) is 40.3 Å². The molecular formula is C13H9BrN2S. The summed E-state index contributed by atoms with van der Waals surface area (Å²) in [4.78, 5) is 0.741. The number of anilines is 3. The Kier molecular flexibility index (Phi) is 2.61. The van der Waals surface area contributed by atoms with Gasteiger partial charge in [-0.3, -0.25) is 0 Å². The fourth-order valence-corrected chi connectivity index (χ4v) is 2.50. The molecule has 0 bridgehead atoms. The van der Waals surface area contributed by atoms with Crippen molar-refractivity contribution in [2.45, 2.75) is 0 Å². The quantitative estimate of drug-likeness (QED) is 0.710. The Morgan fingerprint density at radius 3 is 2.59 bits per heavy atom. The Labute approximate surface area is 113 Å². The van der Waals surface area contributed by atoms with Crippen LogP contribution in [-0.2, 0) is 0 Å². The van der Waals surface area contributed by atoms with Crippen LogP contribution in [0.2, 0.25) is 0 Å². The summed E-state index contributed by atoms with van der Waals surface area (Å²) in [5.74, 6) is 0. The monoisotopic (exact) mass is 304 g/mol. The van der Waals surface area contributed by atoms with Gasteiger partial charge in [0.25, 0.3) is 0 Å². The smallest absolute Gasteiger partial charge is 0.113 e. The van der Waals surface area contributed by atoms with Crippen LogP contribution >= 0.6 is 28.1 Å². The van der Waals surface area contributed by atoms with Crippen molar-refractivity contribution in [1.82, 2.24) is 0 Å². The molecule has 0 fully saturated rings. The van der Waals surface area contributed by atoms with Gasteiger partial charge in [0.15, 0.2) is 0 Å². The van der Waals surface area contributed by atoms with Gasteiger partial charge < -0.3 is 10.6 Å². The Morgan fingerprint density at radius 1 is 0.882 bits per heavy atom. The number of hydrogen-bond donors (Lipinski definition) is 2. The van der Waals surface area contributed by atoms with E-state index in [2.05, 4.69) is 26.6 Å². The van der Waals surface area contributed by atoms with E-state index < -0.39 is 0 Å². The van der Waals surface area contributed by atoms with Crippen LogP contribution < -0.4 is 10.6 Å². The minimum Gasteiger partial charge on any atom is -0.353 e. The molecule has 4 heteroatoms. The van der Waals surface area contributed by atoms with Crippen LogP contribution in [0.4, 0.5) is 17.1 Å². The Morgan fingerprint density at radius 2 is 1.71 bits per heavy atom. The van der Waals surface area contributed by atoms with Crippen LogP contribution in [0.1, 0.15) is 5.56 Å². The molecule has 0 unspecified atom stereocenters. The van der Waals surface area contributed by atoms with E-state index in [1.807, 2.05) is 42.5 Å². The van der Waals surface area contributed by atoms with Crippen molar-refractivity contribution >= 4 is 50.2 Å². The van der Waals surface area contributed by atoms with Gasteiger partial charge in [0, 0.05) is 15.7 Å². The van der Waals surface area contributed by atoms with Crippen molar-refractivity contribution in [2.75, 3.05) is 10.6 Å². The predicted molar refractivity (Wildman–Crippen MR) is 79.2 cm³/mol. The van der Waals surface area contributed by atoms with E-state index >= 15 is 0 Å². The molecule has 1 aliphatic rings. The molecule has 2 N–H and O–H groups in total.